The van der Waals surface area contributed by atoms with Crippen molar-refractivity contribution in [1.29, 1.82) is 0 Å². The van der Waals surface area contributed by atoms with Gasteiger partial charge in [0.1, 0.15) is 17.1 Å². The van der Waals surface area contributed by atoms with E-state index < -0.39 is 47.1 Å². The predicted octanol–water partition coefficient (Wildman–Crippen LogP) is 5.34. The number of nitrogens with one attached hydrogen (secondary N) is 2. The van der Waals surface area contributed by atoms with Crippen LogP contribution < -0.4 is 10.6 Å². The Bertz CT molecular complexity index is 1500. The molecule has 0 bridgehead atoms. The lowest BCUT2D eigenvalue weighted by atomic mass is 9.99. The number of anilines is 1. The van der Waals surface area contributed by atoms with E-state index in [0.717, 1.165) is 15.6 Å². The summed E-state index contributed by atoms with van der Waals surface area (Å²) in [6.45, 7) is 5.20. The zero-order valence-electron chi connectivity index (χ0n) is 22.3. The molecule has 0 atom stereocenters. The van der Waals surface area contributed by atoms with Crippen LogP contribution in [0, 0.1) is 5.82 Å². The molecular formula is C27H27F4N5O5. The van der Waals surface area contributed by atoms with Crippen molar-refractivity contribution in [3.63, 3.8) is 0 Å². The van der Waals surface area contributed by atoms with Crippen molar-refractivity contribution in [3.8, 4) is 5.69 Å². The van der Waals surface area contributed by atoms with Crippen LogP contribution in [0.5, 0.6) is 0 Å². The molecule has 0 spiro atoms. The Labute approximate surface area is 231 Å². The summed E-state index contributed by atoms with van der Waals surface area (Å²) in [7, 11) is 0. The van der Waals surface area contributed by atoms with Crippen LogP contribution in [0.2, 0.25) is 0 Å². The molecule has 0 aliphatic carbocycles. The van der Waals surface area contributed by atoms with Crippen LogP contribution in [0.1, 0.15) is 53.6 Å². The molecule has 0 saturated carbocycles. The van der Waals surface area contributed by atoms with Crippen LogP contribution in [-0.2, 0) is 30.4 Å². The van der Waals surface area contributed by atoms with E-state index in [1.807, 2.05) is 0 Å². The van der Waals surface area contributed by atoms with E-state index in [4.69, 9.17) is 4.74 Å². The smallest absolute Gasteiger partial charge is 0.435 e. The summed E-state index contributed by atoms with van der Waals surface area (Å²) in [6, 6.07) is 8.99. The number of nitrogens with zero attached hydrogens (tertiary/aromatic N) is 3. The maximum absolute atomic E-state index is 14.9. The molecule has 3 amide bonds. The number of fused-ring (bicyclic) bond motifs is 1. The lowest BCUT2D eigenvalue weighted by Gasteiger charge is -2.27. The highest BCUT2D eigenvalue weighted by Gasteiger charge is 2.36. The minimum Gasteiger partial charge on any atom is -0.465 e. The Balaban J connectivity index is 1.61. The molecule has 4 rings (SSSR count). The fourth-order valence-corrected chi connectivity index (χ4v) is 4.19. The average Bonchev–Trinajstić information content (AvgIpc) is 3.33. The maximum Gasteiger partial charge on any atom is 0.435 e. The number of hydrogen-bond donors (Lipinski definition) is 3. The second-order valence-electron chi connectivity index (χ2n) is 10.4. The fourth-order valence-electron chi connectivity index (χ4n) is 4.19. The van der Waals surface area contributed by atoms with Crippen LogP contribution in [0.4, 0.5) is 32.8 Å². The SMILES string of the molecule is CC(C)(C)OC(=O)NCc1cccc(-n2nc(C(F)(F)F)cc2C(=O)Nc2cc3c(cc2F)CN(C(=O)O)CC3)c1. The van der Waals surface area contributed by atoms with Gasteiger partial charge in [-0.05, 0) is 68.1 Å². The summed E-state index contributed by atoms with van der Waals surface area (Å²) >= 11 is 0. The summed E-state index contributed by atoms with van der Waals surface area (Å²) in [5.41, 5.74) is -1.23. The number of benzene rings is 2. The molecule has 1 aliphatic rings. The third-order valence-electron chi connectivity index (χ3n) is 6.04. The van der Waals surface area contributed by atoms with Crippen molar-refractivity contribution >= 4 is 23.8 Å². The molecule has 2 aromatic carbocycles. The molecule has 0 saturated heterocycles. The first-order valence-electron chi connectivity index (χ1n) is 12.4. The highest BCUT2D eigenvalue weighted by molar-refractivity contribution is 6.03. The molecular weight excluding hydrogens is 550 g/mol. The molecule has 0 radical (unpaired) electrons. The Morgan fingerprint density at radius 1 is 1.07 bits per heavy atom. The lowest BCUT2D eigenvalue weighted by Crippen LogP contribution is -2.34. The summed E-state index contributed by atoms with van der Waals surface area (Å²) < 4.78 is 61.6. The number of amides is 3. The van der Waals surface area contributed by atoms with Crippen molar-refractivity contribution < 1.29 is 41.8 Å². The number of rotatable bonds is 5. The van der Waals surface area contributed by atoms with Crippen molar-refractivity contribution in [3.05, 3.63) is 76.4 Å². The molecule has 41 heavy (non-hydrogen) atoms. The van der Waals surface area contributed by atoms with Crippen molar-refractivity contribution in [1.82, 2.24) is 20.0 Å². The quantitative estimate of drug-likeness (QED) is 0.352. The number of aromatic nitrogens is 2. The molecule has 14 heteroatoms. The molecule has 3 aromatic rings. The van der Waals surface area contributed by atoms with E-state index >= 15 is 0 Å². The normalized spacial score (nSPS) is 13.4. The standard InChI is InChI=1S/C27H27F4N5O5/c1-26(2,3)41-24(38)32-13-15-5-4-6-18(9-15)36-21(12-22(34-36)27(29,30)31)23(37)33-20-11-16-7-8-35(25(39)40)14-17(16)10-19(20)28/h4-6,9-12H,7-8,13-14H2,1-3H3,(H,32,38)(H,33,37)(H,39,40). The van der Waals surface area contributed by atoms with Crippen LogP contribution in [0.15, 0.2) is 42.5 Å². The molecule has 1 aliphatic heterocycles. The van der Waals surface area contributed by atoms with Crippen LogP contribution in [0.3, 0.4) is 0 Å². The topological polar surface area (TPSA) is 126 Å². The summed E-state index contributed by atoms with van der Waals surface area (Å²) in [5.74, 6) is -1.92. The Morgan fingerprint density at radius 3 is 2.46 bits per heavy atom. The average molecular weight is 578 g/mol. The summed E-state index contributed by atoms with van der Waals surface area (Å²) in [5, 5.41) is 17.6. The van der Waals surface area contributed by atoms with Gasteiger partial charge in [-0.2, -0.15) is 18.3 Å². The Morgan fingerprint density at radius 2 is 1.80 bits per heavy atom. The number of ether oxygens (including phenoxy) is 1. The molecule has 3 N–H and O–H groups in total. The van der Waals surface area contributed by atoms with Crippen LogP contribution >= 0.6 is 0 Å². The summed E-state index contributed by atoms with van der Waals surface area (Å²) in [6.07, 6.45) is -6.44. The Hall–Kier alpha value is -4.62. The minimum atomic E-state index is -4.87. The molecule has 218 valence electrons. The van der Waals surface area contributed by atoms with E-state index in [9.17, 15) is 37.1 Å². The number of carbonyl (C=O) groups excluding carboxylic acids is 2. The summed E-state index contributed by atoms with van der Waals surface area (Å²) in [4.78, 5) is 37.5. The molecule has 0 unspecified atom stereocenters. The Kier molecular flexibility index (Phi) is 7.95. The lowest BCUT2D eigenvalue weighted by molar-refractivity contribution is -0.141. The van der Waals surface area contributed by atoms with Gasteiger partial charge in [-0.15, -0.1) is 0 Å². The van der Waals surface area contributed by atoms with Crippen LogP contribution in [-0.4, -0.2) is 50.0 Å². The zero-order chi connectivity index (χ0) is 30.1. The number of alkyl carbamates (subject to hydrolysis) is 1. The van der Waals surface area contributed by atoms with Gasteiger partial charge in [-0.3, -0.25) is 4.79 Å². The molecule has 1 aromatic heterocycles. The fraction of sp³-hybridized carbons (Fsp3) is 0.333. The number of hydrogen-bond acceptors (Lipinski definition) is 5. The van der Waals surface area contributed by atoms with Gasteiger partial charge in [0.05, 0.1) is 11.4 Å². The van der Waals surface area contributed by atoms with Gasteiger partial charge in [0.25, 0.3) is 5.91 Å². The van der Waals surface area contributed by atoms with Crippen molar-refractivity contribution in [2.24, 2.45) is 0 Å². The first-order chi connectivity index (χ1) is 19.1. The van der Waals surface area contributed by atoms with E-state index in [0.29, 0.717) is 22.8 Å². The predicted molar refractivity (Wildman–Crippen MR) is 138 cm³/mol. The van der Waals surface area contributed by atoms with Gasteiger partial charge < -0.3 is 25.4 Å². The van der Waals surface area contributed by atoms with E-state index in [-0.39, 0.29) is 37.4 Å². The van der Waals surface area contributed by atoms with E-state index in [1.165, 1.54) is 24.3 Å². The number of alkyl halides is 3. The molecule has 0 fully saturated rings. The number of halogens is 4. The van der Waals surface area contributed by atoms with E-state index in [1.54, 1.807) is 26.8 Å². The second-order valence-corrected chi connectivity index (χ2v) is 10.4. The monoisotopic (exact) mass is 577 g/mol. The highest BCUT2D eigenvalue weighted by atomic mass is 19.4. The largest absolute Gasteiger partial charge is 0.465 e. The van der Waals surface area contributed by atoms with Gasteiger partial charge in [0.15, 0.2) is 5.69 Å². The zero-order valence-corrected chi connectivity index (χ0v) is 22.3. The van der Waals surface area contributed by atoms with Gasteiger partial charge >= 0.3 is 18.4 Å². The van der Waals surface area contributed by atoms with E-state index in [2.05, 4.69) is 15.7 Å². The van der Waals surface area contributed by atoms with Crippen molar-refractivity contribution in [2.75, 3.05) is 11.9 Å². The number of carboxylic acid groups (broad SMARTS) is 1. The number of carbonyl (C=O) groups is 3. The maximum atomic E-state index is 14.9. The highest BCUT2D eigenvalue weighted by Crippen LogP contribution is 2.31. The van der Waals surface area contributed by atoms with Gasteiger partial charge in [-0.1, -0.05) is 12.1 Å². The van der Waals surface area contributed by atoms with Gasteiger partial charge in [0, 0.05) is 25.7 Å². The second kappa shape index (κ2) is 11.1. The van der Waals surface area contributed by atoms with Crippen LogP contribution in [0.25, 0.3) is 5.69 Å². The third kappa shape index (κ3) is 7.13. The van der Waals surface area contributed by atoms with Crippen molar-refractivity contribution in [2.45, 2.75) is 52.1 Å². The third-order valence-corrected chi connectivity index (χ3v) is 6.04. The first kappa shape index (κ1) is 29.4. The van der Waals surface area contributed by atoms with Gasteiger partial charge in [0.2, 0.25) is 0 Å². The van der Waals surface area contributed by atoms with Gasteiger partial charge in [-0.25, -0.2) is 18.7 Å². The first-order valence-corrected chi connectivity index (χ1v) is 12.4. The molecule has 2 heterocycles. The minimum absolute atomic E-state index is 0.0165. The molecule has 10 nitrogen and oxygen atoms in total.